The second-order valence-electron chi connectivity index (χ2n) is 4.74. The molecule has 0 saturated heterocycles. The third-order valence-electron chi connectivity index (χ3n) is 3.36. The fraction of sp³-hybridized carbons (Fsp3) is 0.385. The number of halogens is 1. The molecule has 0 spiro atoms. The molecule has 0 aliphatic carbocycles. The fourth-order valence-corrected chi connectivity index (χ4v) is 2.70. The number of hydrogen-bond donors (Lipinski definition) is 1. The Bertz CT molecular complexity index is 504. The molecule has 92 valence electrons. The van der Waals surface area contributed by atoms with Crippen LogP contribution in [0.1, 0.15) is 26.3 Å². The monoisotopic (exact) mass is 252 g/mol. The lowest BCUT2D eigenvalue weighted by molar-refractivity contribution is -0.400. The van der Waals surface area contributed by atoms with Gasteiger partial charge in [0.15, 0.2) is 0 Å². The Morgan fingerprint density at radius 2 is 1.88 bits per heavy atom. The maximum Gasteiger partial charge on any atom is 0.216 e. The van der Waals surface area contributed by atoms with Crippen molar-refractivity contribution in [2.45, 2.75) is 26.2 Å². The first kappa shape index (κ1) is 13.7. The summed E-state index contributed by atoms with van der Waals surface area (Å²) < 4.78 is 2.10. The molecule has 0 atom stereocenters. The van der Waals surface area contributed by atoms with E-state index >= 15 is 0 Å². The SMILES string of the molecule is CC(=NO)C1=[N+](C)c2ccccc2C1(C)C.[Cl-]. The minimum Gasteiger partial charge on any atom is -1.00 e. The van der Waals surface area contributed by atoms with E-state index in [1.807, 2.05) is 26.1 Å². The van der Waals surface area contributed by atoms with Gasteiger partial charge in [-0.25, -0.2) is 0 Å². The maximum absolute atomic E-state index is 8.96. The Kier molecular flexibility index (Phi) is 3.62. The number of rotatable bonds is 1. The van der Waals surface area contributed by atoms with Crippen LogP contribution in [-0.4, -0.2) is 28.3 Å². The number of hydrogen-bond acceptors (Lipinski definition) is 2. The third kappa shape index (κ3) is 1.84. The van der Waals surface area contributed by atoms with Gasteiger partial charge < -0.3 is 17.6 Å². The molecule has 1 aliphatic rings. The molecule has 4 heteroatoms. The van der Waals surface area contributed by atoms with Gasteiger partial charge in [0.25, 0.3) is 0 Å². The molecular weight excluding hydrogens is 236 g/mol. The quantitative estimate of drug-likeness (QED) is 0.312. The van der Waals surface area contributed by atoms with Gasteiger partial charge in [-0.05, 0) is 20.8 Å². The molecule has 1 aromatic carbocycles. The van der Waals surface area contributed by atoms with Gasteiger partial charge in [0.05, 0.1) is 5.41 Å². The minimum absolute atomic E-state index is 0. The highest BCUT2D eigenvalue weighted by Gasteiger charge is 2.45. The molecule has 17 heavy (non-hydrogen) atoms. The molecule has 1 N–H and O–H groups in total. The zero-order valence-electron chi connectivity index (χ0n) is 10.5. The molecule has 0 saturated carbocycles. The van der Waals surface area contributed by atoms with Gasteiger partial charge in [-0.2, -0.15) is 4.58 Å². The standard InChI is InChI=1S/C13H16N2O.ClH/c1-9(14-16)12-13(2,3)10-7-5-6-8-11(10)15(12)4;/h5-8H,1-4H3;1H. The number of para-hydroxylation sites is 1. The van der Waals surface area contributed by atoms with E-state index in [0.717, 1.165) is 5.71 Å². The summed E-state index contributed by atoms with van der Waals surface area (Å²) in [6, 6.07) is 8.29. The first-order chi connectivity index (χ1) is 7.50. The molecule has 1 aliphatic heterocycles. The van der Waals surface area contributed by atoms with Gasteiger partial charge in [0, 0.05) is 11.6 Å². The Morgan fingerprint density at radius 3 is 2.41 bits per heavy atom. The zero-order chi connectivity index (χ0) is 11.9. The summed E-state index contributed by atoms with van der Waals surface area (Å²) in [6.07, 6.45) is 0. The number of oxime groups is 1. The van der Waals surface area contributed by atoms with Gasteiger partial charge in [0.1, 0.15) is 12.8 Å². The largest absolute Gasteiger partial charge is 1.00 e. The molecule has 3 nitrogen and oxygen atoms in total. The second-order valence-corrected chi connectivity index (χ2v) is 4.74. The molecule has 0 fully saturated rings. The van der Waals surface area contributed by atoms with Crippen molar-refractivity contribution in [1.29, 1.82) is 0 Å². The third-order valence-corrected chi connectivity index (χ3v) is 3.36. The summed E-state index contributed by atoms with van der Waals surface area (Å²) in [4.78, 5) is 0. The molecule has 1 heterocycles. The summed E-state index contributed by atoms with van der Waals surface area (Å²) >= 11 is 0. The summed E-state index contributed by atoms with van der Waals surface area (Å²) in [7, 11) is 2.01. The fourth-order valence-electron chi connectivity index (χ4n) is 2.70. The van der Waals surface area contributed by atoms with Crippen LogP contribution in [0.25, 0.3) is 0 Å². The summed E-state index contributed by atoms with van der Waals surface area (Å²) in [6.45, 7) is 6.14. The summed E-state index contributed by atoms with van der Waals surface area (Å²) in [5.41, 5.74) is 4.07. The smallest absolute Gasteiger partial charge is 0.216 e. The van der Waals surface area contributed by atoms with Crippen molar-refractivity contribution >= 4 is 17.1 Å². The van der Waals surface area contributed by atoms with Gasteiger partial charge in [0.2, 0.25) is 11.4 Å². The highest BCUT2D eigenvalue weighted by Crippen LogP contribution is 2.38. The van der Waals surface area contributed by atoms with E-state index in [9.17, 15) is 0 Å². The summed E-state index contributed by atoms with van der Waals surface area (Å²) in [5.74, 6) is 0. The second kappa shape index (κ2) is 4.49. The van der Waals surface area contributed by atoms with Crippen LogP contribution >= 0.6 is 0 Å². The minimum atomic E-state index is -0.109. The van der Waals surface area contributed by atoms with Crippen LogP contribution in [0.3, 0.4) is 0 Å². The average molecular weight is 253 g/mol. The lowest BCUT2D eigenvalue weighted by Gasteiger charge is -2.16. The Morgan fingerprint density at radius 1 is 1.29 bits per heavy atom. The first-order valence-electron chi connectivity index (χ1n) is 5.40. The van der Waals surface area contributed by atoms with Gasteiger partial charge in [-0.3, -0.25) is 0 Å². The molecule has 0 unspecified atom stereocenters. The maximum atomic E-state index is 8.96. The van der Waals surface area contributed by atoms with E-state index in [1.165, 1.54) is 11.3 Å². The van der Waals surface area contributed by atoms with E-state index in [2.05, 4.69) is 35.7 Å². The van der Waals surface area contributed by atoms with Gasteiger partial charge in [-0.15, -0.1) is 0 Å². The Hall–Kier alpha value is -1.35. The predicted molar refractivity (Wildman–Crippen MR) is 65.2 cm³/mol. The lowest BCUT2D eigenvalue weighted by atomic mass is 9.80. The van der Waals surface area contributed by atoms with E-state index in [4.69, 9.17) is 5.21 Å². The van der Waals surface area contributed by atoms with E-state index in [1.54, 1.807) is 0 Å². The van der Waals surface area contributed by atoms with E-state index < -0.39 is 0 Å². The van der Waals surface area contributed by atoms with Gasteiger partial charge >= 0.3 is 0 Å². The van der Waals surface area contributed by atoms with Crippen LogP contribution in [0.5, 0.6) is 0 Å². The first-order valence-corrected chi connectivity index (χ1v) is 5.40. The van der Waals surface area contributed by atoms with Crippen molar-refractivity contribution in [1.82, 2.24) is 0 Å². The lowest BCUT2D eigenvalue weighted by Crippen LogP contribution is -3.00. The Labute approximate surface area is 108 Å². The topological polar surface area (TPSA) is 35.6 Å². The zero-order valence-corrected chi connectivity index (χ0v) is 11.3. The average Bonchev–Trinajstić information content (AvgIpc) is 2.47. The van der Waals surface area contributed by atoms with Gasteiger partial charge in [-0.1, -0.05) is 23.4 Å². The molecule has 0 radical (unpaired) electrons. The van der Waals surface area contributed by atoms with Crippen molar-refractivity contribution < 1.29 is 22.2 Å². The highest BCUT2D eigenvalue weighted by molar-refractivity contribution is 6.43. The van der Waals surface area contributed by atoms with Crippen LogP contribution in [0.2, 0.25) is 0 Å². The summed E-state index contributed by atoms with van der Waals surface area (Å²) in [5, 5.41) is 12.3. The van der Waals surface area contributed by atoms with E-state index in [-0.39, 0.29) is 17.8 Å². The van der Waals surface area contributed by atoms with Crippen LogP contribution in [0.4, 0.5) is 5.69 Å². The molecule has 0 aromatic heterocycles. The number of nitrogens with zero attached hydrogens (tertiary/aromatic N) is 2. The van der Waals surface area contributed by atoms with Crippen LogP contribution in [0, 0.1) is 0 Å². The van der Waals surface area contributed by atoms with Crippen molar-refractivity contribution in [2.24, 2.45) is 5.16 Å². The molecular formula is C13H17ClN2O. The number of benzene rings is 1. The van der Waals surface area contributed by atoms with Crippen molar-refractivity contribution in [3.05, 3.63) is 29.8 Å². The predicted octanol–water partition coefficient (Wildman–Crippen LogP) is -0.453. The highest BCUT2D eigenvalue weighted by atomic mass is 35.5. The molecule has 0 amide bonds. The number of fused-ring (bicyclic) bond motifs is 1. The van der Waals surface area contributed by atoms with Crippen LogP contribution < -0.4 is 12.4 Å². The molecule has 2 rings (SSSR count). The molecule has 1 aromatic rings. The van der Waals surface area contributed by atoms with Crippen molar-refractivity contribution in [3.8, 4) is 0 Å². The normalized spacial score (nSPS) is 17.8. The van der Waals surface area contributed by atoms with Crippen molar-refractivity contribution in [2.75, 3.05) is 7.05 Å². The van der Waals surface area contributed by atoms with Crippen LogP contribution in [-0.2, 0) is 5.41 Å². The van der Waals surface area contributed by atoms with Crippen LogP contribution in [0.15, 0.2) is 29.4 Å². The Balaban J connectivity index is 0.00000144. The van der Waals surface area contributed by atoms with Crippen molar-refractivity contribution in [3.63, 3.8) is 0 Å². The van der Waals surface area contributed by atoms with E-state index in [0.29, 0.717) is 5.71 Å². The molecule has 0 bridgehead atoms.